The first-order valence-corrected chi connectivity index (χ1v) is 5.29. The average molecular weight is 239 g/mol. The van der Waals surface area contributed by atoms with Crippen LogP contribution in [0, 0.1) is 0 Å². The third kappa shape index (κ3) is 3.72. The molecule has 0 bridgehead atoms. The number of ether oxygens (including phenoxy) is 2. The van der Waals surface area contributed by atoms with Crippen LogP contribution in [0.15, 0.2) is 24.3 Å². The van der Waals surface area contributed by atoms with Crippen molar-refractivity contribution < 1.29 is 19.4 Å². The number of carbonyl (C=O) groups excluding carboxylic acids is 1. The smallest absolute Gasteiger partial charge is 0.327 e. The van der Waals surface area contributed by atoms with E-state index in [9.17, 15) is 4.79 Å². The van der Waals surface area contributed by atoms with Crippen LogP contribution in [-0.2, 0) is 9.53 Å². The van der Waals surface area contributed by atoms with Crippen molar-refractivity contribution in [1.82, 2.24) is 5.32 Å². The molecular weight excluding hydrogens is 222 g/mol. The van der Waals surface area contributed by atoms with Crippen molar-refractivity contribution in [2.75, 3.05) is 27.4 Å². The Morgan fingerprint density at radius 3 is 2.47 bits per heavy atom. The van der Waals surface area contributed by atoms with Gasteiger partial charge in [0.1, 0.15) is 11.8 Å². The number of hydrogen-bond donors (Lipinski definition) is 2. The lowest BCUT2D eigenvalue weighted by molar-refractivity contribution is -0.143. The molecule has 5 heteroatoms. The Morgan fingerprint density at radius 1 is 1.35 bits per heavy atom. The average Bonchev–Trinajstić information content (AvgIpc) is 2.39. The number of benzene rings is 1. The lowest BCUT2D eigenvalue weighted by atomic mass is 10.1. The van der Waals surface area contributed by atoms with Crippen LogP contribution in [0.1, 0.15) is 11.6 Å². The maximum Gasteiger partial charge on any atom is 0.327 e. The largest absolute Gasteiger partial charge is 0.497 e. The van der Waals surface area contributed by atoms with E-state index in [1.54, 1.807) is 31.4 Å². The summed E-state index contributed by atoms with van der Waals surface area (Å²) in [7, 11) is 2.91. The van der Waals surface area contributed by atoms with Gasteiger partial charge in [-0.05, 0) is 17.7 Å². The first kappa shape index (κ1) is 13.5. The summed E-state index contributed by atoms with van der Waals surface area (Å²) in [5.41, 5.74) is 0.770. The first-order valence-electron chi connectivity index (χ1n) is 5.29. The van der Waals surface area contributed by atoms with Crippen molar-refractivity contribution in [3.63, 3.8) is 0 Å². The van der Waals surface area contributed by atoms with E-state index in [0.29, 0.717) is 6.54 Å². The number of rotatable bonds is 6. The van der Waals surface area contributed by atoms with Gasteiger partial charge in [0, 0.05) is 6.54 Å². The van der Waals surface area contributed by atoms with Crippen molar-refractivity contribution in [2.45, 2.75) is 6.04 Å². The summed E-state index contributed by atoms with van der Waals surface area (Å²) in [6.45, 7) is 0.287. The molecule has 0 amide bonds. The SMILES string of the molecule is COC(=O)C(NCCO)c1ccc(OC)cc1. The molecule has 94 valence electrons. The topological polar surface area (TPSA) is 67.8 Å². The Hall–Kier alpha value is -1.59. The Morgan fingerprint density at radius 2 is 2.00 bits per heavy atom. The van der Waals surface area contributed by atoms with Gasteiger partial charge in [-0.25, -0.2) is 4.79 Å². The van der Waals surface area contributed by atoms with Gasteiger partial charge < -0.3 is 14.6 Å². The Labute approximate surface area is 100 Å². The van der Waals surface area contributed by atoms with Crippen LogP contribution in [0.4, 0.5) is 0 Å². The molecule has 0 radical (unpaired) electrons. The predicted octanol–water partition coefficient (Wildman–Crippen LogP) is 0.491. The number of carbonyl (C=O) groups is 1. The lowest BCUT2D eigenvalue weighted by Crippen LogP contribution is -2.31. The molecule has 0 saturated carbocycles. The highest BCUT2D eigenvalue weighted by Gasteiger charge is 2.20. The van der Waals surface area contributed by atoms with Gasteiger partial charge in [0.15, 0.2) is 0 Å². The summed E-state index contributed by atoms with van der Waals surface area (Å²) in [4.78, 5) is 11.6. The van der Waals surface area contributed by atoms with Crippen molar-refractivity contribution in [3.8, 4) is 5.75 Å². The number of aliphatic hydroxyl groups is 1. The third-order valence-corrected chi connectivity index (χ3v) is 2.35. The van der Waals surface area contributed by atoms with Crippen LogP contribution < -0.4 is 10.1 Å². The van der Waals surface area contributed by atoms with Gasteiger partial charge in [0.05, 0.1) is 20.8 Å². The third-order valence-electron chi connectivity index (χ3n) is 2.35. The molecule has 0 aliphatic carbocycles. The monoisotopic (exact) mass is 239 g/mol. The fourth-order valence-electron chi connectivity index (χ4n) is 1.46. The molecule has 1 atom stereocenters. The summed E-state index contributed by atoms with van der Waals surface area (Å²) < 4.78 is 9.75. The summed E-state index contributed by atoms with van der Waals surface area (Å²) in [6.07, 6.45) is 0. The van der Waals surface area contributed by atoms with E-state index in [4.69, 9.17) is 14.6 Å². The quantitative estimate of drug-likeness (QED) is 0.707. The molecule has 5 nitrogen and oxygen atoms in total. The lowest BCUT2D eigenvalue weighted by Gasteiger charge is -2.16. The number of nitrogens with one attached hydrogen (secondary N) is 1. The maximum atomic E-state index is 11.6. The van der Waals surface area contributed by atoms with E-state index < -0.39 is 6.04 Å². The molecule has 1 unspecified atom stereocenters. The summed E-state index contributed by atoms with van der Waals surface area (Å²) in [5.74, 6) is 0.336. The van der Waals surface area contributed by atoms with E-state index in [1.807, 2.05) is 0 Å². The standard InChI is InChI=1S/C12H17NO4/c1-16-10-5-3-9(4-6-10)11(12(15)17-2)13-7-8-14/h3-6,11,13-14H,7-8H2,1-2H3. The molecule has 0 fully saturated rings. The van der Waals surface area contributed by atoms with Crippen molar-refractivity contribution in [3.05, 3.63) is 29.8 Å². The van der Waals surface area contributed by atoms with E-state index in [1.165, 1.54) is 7.11 Å². The molecule has 0 spiro atoms. The molecular formula is C12H17NO4. The van der Waals surface area contributed by atoms with Crippen molar-refractivity contribution in [1.29, 1.82) is 0 Å². The summed E-state index contributed by atoms with van der Waals surface area (Å²) in [5, 5.41) is 11.7. The number of methoxy groups -OCH3 is 2. The molecule has 0 aliphatic heterocycles. The fourth-order valence-corrected chi connectivity index (χ4v) is 1.46. The van der Waals surface area contributed by atoms with Crippen LogP contribution in [0.25, 0.3) is 0 Å². The molecule has 1 aromatic rings. The highest BCUT2D eigenvalue weighted by Crippen LogP contribution is 2.18. The molecule has 0 heterocycles. The first-order chi connectivity index (χ1) is 8.22. The number of hydrogen-bond acceptors (Lipinski definition) is 5. The van der Waals surface area contributed by atoms with Gasteiger partial charge in [0.25, 0.3) is 0 Å². The van der Waals surface area contributed by atoms with Gasteiger partial charge in [-0.3, -0.25) is 5.32 Å². The van der Waals surface area contributed by atoms with E-state index in [-0.39, 0.29) is 12.6 Å². The summed E-state index contributed by atoms with van der Waals surface area (Å²) in [6, 6.07) is 6.53. The molecule has 0 saturated heterocycles. The van der Waals surface area contributed by atoms with Gasteiger partial charge >= 0.3 is 5.97 Å². The minimum absolute atomic E-state index is 0.0380. The van der Waals surface area contributed by atoms with E-state index in [2.05, 4.69) is 5.32 Å². The second-order valence-electron chi connectivity index (χ2n) is 3.41. The normalized spacial score (nSPS) is 11.9. The zero-order chi connectivity index (χ0) is 12.7. The van der Waals surface area contributed by atoms with E-state index >= 15 is 0 Å². The van der Waals surface area contributed by atoms with Crippen molar-refractivity contribution in [2.24, 2.45) is 0 Å². The molecule has 0 aliphatic rings. The minimum atomic E-state index is -0.571. The second kappa shape index (κ2) is 6.88. The number of esters is 1. The molecule has 0 aromatic heterocycles. The van der Waals surface area contributed by atoms with Gasteiger partial charge in [-0.2, -0.15) is 0 Å². The van der Waals surface area contributed by atoms with Crippen molar-refractivity contribution >= 4 is 5.97 Å². The van der Waals surface area contributed by atoms with Gasteiger partial charge in [-0.1, -0.05) is 12.1 Å². The van der Waals surface area contributed by atoms with Crippen LogP contribution in [0.5, 0.6) is 5.75 Å². The second-order valence-corrected chi connectivity index (χ2v) is 3.41. The zero-order valence-electron chi connectivity index (χ0n) is 9.97. The predicted molar refractivity (Wildman–Crippen MR) is 62.8 cm³/mol. The highest BCUT2D eigenvalue weighted by atomic mass is 16.5. The molecule has 1 aromatic carbocycles. The minimum Gasteiger partial charge on any atom is -0.497 e. The van der Waals surface area contributed by atoms with Crippen LogP contribution in [0.2, 0.25) is 0 Å². The van der Waals surface area contributed by atoms with Gasteiger partial charge in [-0.15, -0.1) is 0 Å². The maximum absolute atomic E-state index is 11.6. The van der Waals surface area contributed by atoms with Gasteiger partial charge in [0.2, 0.25) is 0 Å². The number of aliphatic hydroxyl groups excluding tert-OH is 1. The highest BCUT2D eigenvalue weighted by molar-refractivity contribution is 5.77. The zero-order valence-corrected chi connectivity index (χ0v) is 9.97. The summed E-state index contributed by atoms with van der Waals surface area (Å²) >= 11 is 0. The Balaban J connectivity index is 2.83. The Kier molecular flexibility index (Phi) is 5.45. The van der Waals surface area contributed by atoms with Crippen LogP contribution in [-0.4, -0.2) is 38.4 Å². The molecule has 1 rings (SSSR count). The van der Waals surface area contributed by atoms with Crippen LogP contribution >= 0.6 is 0 Å². The fraction of sp³-hybridized carbons (Fsp3) is 0.417. The molecule has 17 heavy (non-hydrogen) atoms. The van der Waals surface area contributed by atoms with Crippen LogP contribution in [0.3, 0.4) is 0 Å². The van der Waals surface area contributed by atoms with E-state index in [0.717, 1.165) is 11.3 Å². The Bertz CT molecular complexity index is 350. The molecule has 2 N–H and O–H groups in total.